The van der Waals surface area contributed by atoms with E-state index in [9.17, 15) is 0 Å². The Bertz CT molecular complexity index is 256. The van der Waals surface area contributed by atoms with Gasteiger partial charge in [-0.15, -0.1) is 11.3 Å². The summed E-state index contributed by atoms with van der Waals surface area (Å²) < 4.78 is 0. The molecule has 2 heterocycles. The Kier molecular flexibility index (Phi) is 2.65. The summed E-state index contributed by atoms with van der Waals surface area (Å²) in [4.78, 5) is 6.92. The average Bonchev–Trinajstić information content (AvgIpc) is 2.75. The summed E-state index contributed by atoms with van der Waals surface area (Å²) in [6.07, 6.45) is 3.20. The van der Waals surface area contributed by atoms with Crippen LogP contribution in [0.1, 0.15) is 31.2 Å². The molecule has 2 rings (SSSR count). The Hall–Kier alpha value is -0.410. The van der Waals surface area contributed by atoms with Crippen molar-refractivity contribution >= 4 is 11.3 Å². The van der Waals surface area contributed by atoms with E-state index in [2.05, 4.69) is 29.1 Å². The zero-order chi connectivity index (χ0) is 9.26. The maximum atomic E-state index is 4.38. The molecule has 0 bridgehead atoms. The molecular weight excluding hydrogens is 180 g/mol. The van der Waals surface area contributed by atoms with Gasteiger partial charge < -0.3 is 4.90 Å². The minimum Gasteiger partial charge on any atom is -0.300 e. The summed E-state index contributed by atoms with van der Waals surface area (Å²) in [5.41, 5.74) is 0. The first-order valence-corrected chi connectivity index (χ1v) is 5.79. The number of likely N-dealkylation sites (tertiary alicyclic amines) is 1. The van der Waals surface area contributed by atoms with Gasteiger partial charge in [-0.3, -0.25) is 0 Å². The van der Waals surface area contributed by atoms with Gasteiger partial charge in [0.15, 0.2) is 0 Å². The molecule has 13 heavy (non-hydrogen) atoms. The predicted octanol–water partition coefficient (Wildman–Crippen LogP) is 2.34. The van der Waals surface area contributed by atoms with Crippen LogP contribution in [0.4, 0.5) is 0 Å². The number of nitrogens with zero attached hydrogens (tertiary/aromatic N) is 2. The van der Waals surface area contributed by atoms with Gasteiger partial charge in [0, 0.05) is 30.1 Å². The Morgan fingerprint density at radius 3 is 3.00 bits per heavy atom. The van der Waals surface area contributed by atoms with Crippen molar-refractivity contribution in [2.75, 3.05) is 13.1 Å². The molecule has 0 N–H and O–H groups in total. The molecule has 0 aliphatic carbocycles. The summed E-state index contributed by atoms with van der Waals surface area (Å²) in [6.45, 7) is 6.97. The molecule has 0 saturated carbocycles. The maximum Gasteiger partial charge on any atom is 0.0969 e. The molecule has 1 aromatic heterocycles. The number of hydrogen-bond acceptors (Lipinski definition) is 3. The summed E-state index contributed by atoms with van der Waals surface area (Å²) in [6, 6.07) is 0.685. The highest BCUT2D eigenvalue weighted by Crippen LogP contribution is 2.29. The Morgan fingerprint density at radius 2 is 2.46 bits per heavy atom. The van der Waals surface area contributed by atoms with Gasteiger partial charge in [0.2, 0.25) is 0 Å². The van der Waals surface area contributed by atoms with Crippen LogP contribution in [0.2, 0.25) is 0 Å². The van der Waals surface area contributed by atoms with Gasteiger partial charge in [0.1, 0.15) is 0 Å². The van der Waals surface area contributed by atoms with Gasteiger partial charge in [-0.25, -0.2) is 4.98 Å². The quantitative estimate of drug-likeness (QED) is 0.721. The minimum atomic E-state index is 0.685. The topological polar surface area (TPSA) is 16.1 Å². The van der Waals surface area contributed by atoms with E-state index in [1.165, 1.54) is 24.5 Å². The summed E-state index contributed by atoms with van der Waals surface area (Å²) >= 11 is 1.80. The summed E-state index contributed by atoms with van der Waals surface area (Å²) in [5.74, 6) is 0.697. The third-order valence-corrected chi connectivity index (χ3v) is 3.69. The van der Waals surface area contributed by atoms with Crippen LogP contribution in [0.15, 0.2) is 11.6 Å². The Balaban J connectivity index is 1.99. The van der Waals surface area contributed by atoms with Gasteiger partial charge in [-0.05, 0) is 26.8 Å². The Labute approximate surface area is 83.6 Å². The lowest BCUT2D eigenvalue weighted by Gasteiger charge is -2.19. The molecule has 1 saturated heterocycles. The van der Waals surface area contributed by atoms with Crippen LogP contribution in [0, 0.1) is 0 Å². The molecule has 0 radical (unpaired) electrons. The minimum absolute atomic E-state index is 0.685. The van der Waals surface area contributed by atoms with Crippen molar-refractivity contribution in [3.63, 3.8) is 0 Å². The number of thiazole rings is 1. The second kappa shape index (κ2) is 3.76. The van der Waals surface area contributed by atoms with Crippen molar-refractivity contribution in [1.82, 2.24) is 9.88 Å². The third-order valence-electron chi connectivity index (χ3n) is 2.75. The smallest absolute Gasteiger partial charge is 0.0969 e. The van der Waals surface area contributed by atoms with Gasteiger partial charge >= 0.3 is 0 Å². The Morgan fingerprint density at radius 1 is 1.62 bits per heavy atom. The molecule has 0 aromatic carbocycles. The second-order valence-corrected chi connectivity index (χ2v) is 4.87. The van der Waals surface area contributed by atoms with E-state index in [1.807, 2.05) is 6.20 Å². The highest BCUT2D eigenvalue weighted by molar-refractivity contribution is 7.09. The first kappa shape index (κ1) is 9.16. The molecule has 1 fully saturated rings. The lowest BCUT2D eigenvalue weighted by Crippen LogP contribution is -2.27. The first-order valence-electron chi connectivity index (χ1n) is 4.91. The van der Waals surface area contributed by atoms with Crippen molar-refractivity contribution in [2.24, 2.45) is 0 Å². The standard InChI is InChI=1S/C10H16N2S/c1-8(2)12-5-3-9(7-12)10-11-4-6-13-10/h4,6,8-9H,3,5,7H2,1-2H3. The van der Waals surface area contributed by atoms with E-state index in [4.69, 9.17) is 0 Å². The van der Waals surface area contributed by atoms with Gasteiger partial charge in [0.05, 0.1) is 5.01 Å². The van der Waals surface area contributed by atoms with Gasteiger partial charge in [-0.2, -0.15) is 0 Å². The van der Waals surface area contributed by atoms with Crippen molar-refractivity contribution in [3.8, 4) is 0 Å². The fourth-order valence-electron chi connectivity index (χ4n) is 1.89. The van der Waals surface area contributed by atoms with Crippen LogP contribution < -0.4 is 0 Å². The van der Waals surface area contributed by atoms with E-state index in [0.29, 0.717) is 12.0 Å². The molecule has 72 valence electrons. The predicted molar refractivity (Wildman–Crippen MR) is 56.2 cm³/mol. The molecule has 1 aliphatic heterocycles. The zero-order valence-electron chi connectivity index (χ0n) is 8.23. The molecule has 3 heteroatoms. The van der Waals surface area contributed by atoms with Crippen LogP contribution in [-0.4, -0.2) is 29.0 Å². The lowest BCUT2D eigenvalue weighted by molar-refractivity contribution is 0.272. The van der Waals surface area contributed by atoms with Crippen LogP contribution in [0.3, 0.4) is 0 Å². The SMILES string of the molecule is CC(C)N1CCC(c2nccs2)C1. The molecule has 0 amide bonds. The van der Waals surface area contributed by atoms with E-state index in [1.54, 1.807) is 11.3 Å². The molecule has 1 aliphatic rings. The summed E-state index contributed by atoms with van der Waals surface area (Å²) in [5, 5.41) is 3.40. The number of rotatable bonds is 2. The highest BCUT2D eigenvalue weighted by Gasteiger charge is 2.26. The van der Waals surface area contributed by atoms with Crippen molar-refractivity contribution in [1.29, 1.82) is 0 Å². The molecular formula is C10H16N2S. The fraction of sp³-hybridized carbons (Fsp3) is 0.700. The third kappa shape index (κ3) is 1.92. The van der Waals surface area contributed by atoms with E-state index in [-0.39, 0.29) is 0 Å². The van der Waals surface area contributed by atoms with E-state index in [0.717, 1.165) is 0 Å². The van der Waals surface area contributed by atoms with E-state index < -0.39 is 0 Å². The van der Waals surface area contributed by atoms with Gasteiger partial charge in [-0.1, -0.05) is 0 Å². The largest absolute Gasteiger partial charge is 0.300 e. The van der Waals surface area contributed by atoms with Crippen LogP contribution in [-0.2, 0) is 0 Å². The normalized spacial score (nSPS) is 24.4. The van der Waals surface area contributed by atoms with Crippen LogP contribution >= 0.6 is 11.3 Å². The maximum absolute atomic E-state index is 4.38. The van der Waals surface area contributed by atoms with Crippen molar-refractivity contribution in [2.45, 2.75) is 32.2 Å². The summed E-state index contributed by atoms with van der Waals surface area (Å²) in [7, 11) is 0. The van der Waals surface area contributed by atoms with Crippen molar-refractivity contribution in [3.05, 3.63) is 16.6 Å². The molecule has 0 spiro atoms. The fourth-order valence-corrected chi connectivity index (χ4v) is 2.66. The number of hydrogen-bond donors (Lipinski definition) is 0. The van der Waals surface area contributed by atoms with Gasteiger partial charge in [0.25, 0.3) is 0 Å². The monoisotopic (exact) mass is 196 g/mol. The molecule has 1 unspecified atom stereocenters. The van der Waals surface area contributed by atoms with E-state index >= 15 is 0 Å². The first-order chi connectivity index (χ1) is 6.27. The molecule has 1 aromatic rings. The van der Waals surface area contributed by atoms with Crippen LogP contribution in [0.5, 0.6) is 0 Å². The molecule has 2 nitrogen and oxygen atoms in total. The van der Waals surface area contributed by atoms with Crippen molar-refractivity contribution < 1.29 is 0 Å². The highest BCUT2D eigenvalue weighted by atomic mass is 32.1. The second-order valence-electron chi connectivity index (χ2n) is 3.94. The van der Waals surface area contributed by atoms with Crippen LogP contribution in [0.25, 0.3) is 0 Å². The molecule has 1 atom stereocenters. The number of aromatic nitrogens is 1. The zero-order valence-corrected chi connectivity index (χ0v) is 9.05. The lowest BCUT2D eigenvalue weighted by atomic mass is 10.1. The average molecular weight is 196 g/mol.